The maximum absolute atomic E-state index is 13.4. The highest BCUT2D eigenvalue weighted by molar-refractivity contribution is 7.90. The van der Waals surface area contributed by atoms with Crippen molar-refractivity contribution in [3.05, 3.63) is 35.4 Å². The molecule has 1 aromatic rings. The van der Waals surface area contributed by atoms with Crippen LogP contribution < -0.4 is 5.32 Å². The van der Waals surface area contributed by atoms with Gasteiger partial charge in [0.15, 0.2) is 0 Å². The highest BCUT2D eigenvalue weighted by Gasteiger charge is 2.13. The molecule has 0 aliphatic carbocycles. The van der Waals surface area contributed by atoms with Crippen molar-refractivity contribution >= 4 is 9.84 Å². The molecule has 102 valence electrons. The van der Waals surface area contributed by atoms with Gasteiger partial charge in [-0.2, -0.15) is 0 Å². The fourth-order valence-corrected chi connectivity index (χ4v) is 2.37. The third-order valence-electron chi connectivity index (χ3n) is 2.73. The van der Waals surface area contributed by atoms with Crippen LogP contribution in [0.3, 0.4) is 0 Å². The van der Waals surface area contributed by atoms with Crippen molar-refractivity contribution in [1.82, 2.24) is 5.32 Å². The molecule has 0 heterocycles. The molecule has 0 aliphatic heterocycles. The molecule has 0 saturated carbocycles. The van der Waals surface area contributed by atoms with E-state index in [0.717, 1.165) is 12.3 Å². The van der Waals surface area contributed by atoms with E-state index in [4.69, 9.17) is 0 Å². The van der Waals surface area contributed by atoms with Crippen molar-refractivity contribution in [3.63, 3.8) is 0 Å². The summed E-state index contributed by atoms with van der Waals surface area (Å²) in [5.74, 6) is -1.18. The van der Waals surface area contributed by atoms with E-state index in [9.17, 15) is 17.2 Å². The van der Waals surface area contributed by atoms with Crippen molar-refractivity contribution in [2.45, 2.75) is 18.9 Å². The second kappa shape index (κ2) is 6.24. The smallest absolute Gasteiger partial charge is 0.147 e. The van der Waals surface area contributed by atoms with Gasteiger partial charge >= 0.3 is 0 Å². The van der Waals surface area contributed by atoms with Gasteiger partial charge in [-0.25, -0.2) is 17.2 Å². The first-order chi connectivity index (χ1) is 8.31. The Hall–Kier alpha value is -1.01. The van der Waals surface area contributed by atoms with Gasteiger partial charge in [0, 0.05) is 18.4 Å². The fourth-order valence-electron chi connectivity index (χ4n) is 1.66. The topological polar surface area (TPSA) is 46.2 Å². The van der Waals surface area contributed by atoms with E-state index in [0.29, 0.717) is 18.4 Å². The van der Waals surface area contributed by atoms with Crippen molar-refractivity contribution in [2.24, 2.45) is 0 Å². The van der Waals surface area contributed by atoms with Gasteiger partial charge in [-0.05, 0) is 31.5 Å². The zero-order valence-electron chi connectivity index (χ0n) is 10.4. The molecule has 1 N–H and O–H groups in total. The zero-order valence-corrected chi connectivity index (χ0v) is 11.2. The highest BCUT2D eigenvalue weighted by atomic mass is 32.2. The molecule has 0 amide bonds. The highest BCUT2D eigenvalue weighted by Crippen LogP contribution is 2.13. The van der Waals surface area contributed by atoms with Gasteiger partial charge in [-0.15, -0.1) is 0 Å². The number of hydrogen-bond acceptors (Lipinski definition) is 3. The number of benzene rings is 1. The van der Waals surface area contributed by atoms with Gasteiger partial charge in [0.05, 0.1) is 5.75 Å². The van der Waals surface area contributed by atoms with Crippen LogP contribution in [0.5, 0.6) is 0 Å². The summed E-state index contributed by atoms with van der Waals surface area (Å²) in [7, 11) is -1.34. The lowest BCUT2D eigenvalue weighted by atomic mass is 10.0. The predicted octanol–water partition coefficient (Wildman–Crippen LogP) is 1.53. The lowest BCUT2D eigenvalue weighted by Crippen LogP contribution is -2.30. The van der Waals surface area contributed by atoms with E-state index in [1.165, 1.54) is 12.1 Å². The molecule has 1 unspecified atom stereocenters. The number of rotatable bonds is 6. The minimum atomic E-state index is -3.03. The minimum absolute atomic E-state index is 0.0430. The molecule has 0 bridgehead atoms. The van der Waals surface area contributed by atoms with E-state index in [2.05, 4.69) is 5.32 Å². The van der Waals surface area contributed by atoms with Crippen LogP contribution in [0.15, 0.2) is 18.2 Å². The van der Waals surface area contributed by atoms with Gasteiger partial charge in [0.25, 0.3) is 0 Å². The molecule has 6 heteroatoms. The predicted molar refractivity (Wildman–Crippen MR) is 67.2 cm³/mol. The van der Waals surface area contributed by atoms with E-state index in [1.807, 2.05) is 0 Å². The Labute approximate surface area is 106 Å². The molecule has 1 aromatic carbocycles. The molecule has 0 aromatic heterocycles. The Morgan fingerprint density at radius 3 is 2.50 bits per heavy atom. The van der Waals surface area contributed by atoms with Crippen molar-refractivity contribution in [2.75, 3.05) is 19.1 Å². The molecule has 1 atom stereocenters. The van der Waals surface area contributed by atoms with E-state index in [1.54, 1.807) is 7.05 Å². The SMILES string of the molecule is CNC(CCS(C)(=O)=O)Cc1ccc(F)cc1F. The number of halogens is 2. The quantitative estimate of drug-likeness (QED) is 0.857. The lowest BCUT2D eigenvalue weighted by Gasteiger charge is -2.16. The third-order valence-corrected chi connectivity index (χ3v) is 3.70. The van der Waals surface area contributed by atoms with Crippen LogP contribution in [0.1, 0.15) is 12.0 Å². The summed E-state index contributed by atoms with van der Waals surface area (Å²) in [4.78, 5) is 0. The Balaban J connectivity index is 2.68. The van der Waals surface area contributed by atoms with Gasteiger partial charge < -0.3 is 5.32 Å². The van der Waals surface area contributed by atoms with Gasteiger partial charge in [-0.1, -0.05) is 6.07 Å². The Morgan fingerprint density at radius 2 is 2.00 bits per heavy atom. The second-order valence-electron chi connectivity index (χ2n) is 4.34. The van der Waals surface area contributed by atoms with Crippen LogP contribution in [0, 0.1) is 11.6 Å². The summed E-state index contributed by atoms with van der Waals surface area (Å²) in [6.07, 6.45) is 1.89. The van der Waals surface area contributed by atoms with Gasteiger partial charge in [-0.3, -0.25) is 0 Å². The molecule has 0 spiro atoms. The summed E-state index contributed by atoms with van der Waals surface area (Å²) in [6, 6.07) is 3.26. The minimum Gasteiger partial charge on any atom is -0.317 e. The Kier molecular flexibility index (Phi) is 5.22. The van der Waals surface area contributed by atoms with Gasteiger partial charge in [0.2, 0.25) is 0 Å². The Bertz CT molecular complexity index is 503. The van der Waals surface area contributed by atoms with Crippen LogP contribution in [-0.4, -0.2) is 33.5 Å². The molecule has 18 heavy (non-hydrogen) atoms. The van der Waals surface area contributed by atoms with Crippen molar-refractivity contribution in [3.8, 4) is 0 Å². The standard InChI is InChI=1S/C12H17F2NO2S/c1-15-11(5-6-18(2,16)17)7-9-3-4-10(13)8-12(9)14/h3-4,8,11,15H,5-7H2,1-2H3. The third kappa shape index (κ3) is 5.10. The zero-order chi connectivity index (χ0) is 13.8. The maximum atomic E-state index is 13.4. The first kappa shape index (κ1) is 15.0. The number of sulfone groups is 1. The van der Waals surface area contributed by atoms with E-state index < -0.39 is 21.5 Å². The number of hydrogen-bond donors (Lipinski definition) is 1. The van der Waals surface area contributed by atoms with E-state index in [-0.39, 0.29) is 11.8 Å². The van der Waals surface area contributed by atoms with Crippen LogP contribution in [-0.2, 0) is 16.3 Å². The van der Waals surface area contributed by atoms with Crippen molar-refractivity contribution in [1.29, 1.82) is 0 Å². The molecule has 3 nitrogen and oxygen atoms in total. The number of likely N-dealkylation sites (N-methyl/N-ethyl adjacent to an activating group) is 1. The normalized spacial score (nSPS) is 13.6. The summed E-state index contributed by atoms with van der Waals surface area (Å²) < 4.78 is 48.3. The van der Waals surface area contributed by atoms with Crippen LogP contribution in [0.2, 0.25) is 0 Å². The molecule has 0 fully saturated rings. The maximum Gasteiger partial charge on any atom is 0.147 e. The molecule has 0 aliphatic rings. The number of nitrogens with one attached hydrogen (secondary N) is 1. The molecule has 1 rings (SSSR count). The average molecular weight is 277 g/mol. The van der Waals surface area contributed by atoms with Crippen LogP contribution >= 0.6 is 0 Å². The average Bonchev–Trinajstić information content (AvgIpc) is 2.25. The summed E-state index contributed by atoms with van der Waals surface area (Å²) in [6.45, 7) is 0. The summed E-state index contributed by atoms with van der Waals surface area (Å²) in [5, 5.41) is 2.94. The van der Waals surface area contributed by atoms with Crippen LogP contribution in [0.4, 0.5) is 8.78 Å². The largest absolute Gasteiger partial charge is 0.317 e. The van der Waals surface area contributed by atoms with Gasteiger partial charge in [0.1, 0.15) is 21.5 Å². The first-order valence-corrected chi connectivity index (χ1v) is 7.67. The molecule has 0 saturated heterocycles. The molecular weight excluding hydrogens is 260 g/mol. The van der Waals surface area contributed by atoms with E-state index >= 15 is 0 Å². The summed E-state index contributed by atoms with van der Waals surface area (Å²) >= 11 is 0. The Morgan fingerprint density at radius 1 is 1.33 bits per heavy atom. The molecular formula is C12H17F2NO2S. The van der Waals surface area contributed by atoms with Crippen LogP contribution in [0.25, 0.3) is 0 Å². The fraction of sp³-hybridized carbons (Fsp3) is 0.500. The monoisotopic (exact) mass is 277 g/mol. The second-order valence-corrected chi connectivity index (χ2v) is 6.60. The van der Waals surface area contributed by atoms with Crippen molar-refractivity contribution < 1.29 is 17.2 Å². The first-order valence-electron chi connectivity index (χ1n) is 5.60. The molecule has 0 radical (unpaired) electrons. The summed E-state index contributed by atoms with van der Waals surface area (Å²) in [5.41, 5.74) is 0.379. The lowest BCUT2D eigenvalue weighted by molar-refractivity contribution is 0.513.